The van der Waals surface area contributed by atoms with Crippen LogP contribution in [0.1, 0.15) is 26.7 Å². The standard InChI is InChI=1S/C8H14N2/c1-3-8-4-7(2)10(5-8)6-9/h7-8H,3-5H2,1-2H3/t7-,8-/m1/s1. The molecule has 1 saturated heterocycles. The molecule has 2 atom stereocenters. The molecule has 1 heterocycles. The maximum atomic E-state index is 8.63. The first-order chi connectivity index (χ1) is 4.77. The van der Waals surface area contributed by atoms with Crippen LogP contribution in [0.5, 0.6) is 0 Å². The normalized spacial score (nSPS) is 32.3. The summed E-state index contributed by atoms with van der Waals surface area (Å²) in [6.45, 7) is 5.30. The van der Waals surface area contributed by atoms with E-state index in [0.717, 1.165) is 12.5 Å². The quantitative estimate of drug-likeness (QED) is 0.514. The molecule has 1 aliphatic heterocycles. The second kappa shape index (κ2) is 2.92. The van der Waals surface area contributed by atoms with Gasteiger partial charge in [0.15, 0.2) is 6.19 Å². The van der Waals surface area contributed by atoms with E-state index in [0.29, 0.717) is 6.04 Å². The second-order valence-corrected chi connectivity index (χ2v) is 3.11. The van der Waals surface area contributed by atoms with Gasteiger partial charge in [-0.2, -0.15) is 5.26 Å². The average molecular weight is 138 g/mol. The van der Waals surface area contributed by atoms with Gasteiger partial charge in [0.05, 0.1) is 0 Å². The molecule has 0 saturated carbocycles. The Morgan fingerprint density at radius 3 is 2.70 bits per heavy atom. The SMILES string of the molecule is CC[C@@H]1C[C@@H](C)N(C#N)C1. The van der Waals surface area contributed by atoms with Crippen LogP contribution in [0.15, 0.2) is 0 Å². The highest BCUT2D eigenvalue weighted by Crippen LogP contribution is 2.23. The molecule has 2 heteroatoms. The van der Waals surface area contributed by atoms with Crippen LogP contribution in [0, 0.1) is 17.4 Å². The average Bonchev–Trinajstić information content (AvgIpc) is 2.30. The molecule has 56 valence electrons. The molecule has 1 rings (SSSR count). The number of likely N-dealkylation sites (tertiary alicyclic amines) is 1. The van der Waals surface area contributed by atoms with Crippen LogP contribution in [0.2, 0.25) is 0 Å². The Morgan fingerprint density at radius 2 is 2.40 bits per heavy atom. The summed E-state index contributed by atoms with van der Waals surface area (Å²) in [6, 6.07) is 0.481. The van der Waals surface area contributed by atoms with Gasteiger partial charge in [-0.1, -0.05) is 13.3 Å². The Kier molecular flexibility index (Phi) is 2.16. The van der Waals surface area contributed by atoms with Gasteiger partial charge in [0, 0.05) is 12.6 Å². The first-order valence-electron chi connectivity index (χ1n) is 3.94. The summed E-state index contributed by atoms with van der Waals surface area (Å²) >= 11 is 0. The molecule has 0 aliphatic carbocycles. The van der Waals surface area contributed by atoms with E-state index in [2.05, 4.69) is 20.0 Å². The number of rotatable bonds is 1. The van der Waals surface area contributed by atoms with Gasteiger partial charge in [-0.25, -0.2) is 0 Å². The first kappa shape index (κ1) is 7.40. The van der Waals surface area contributed by atoms with Crippen LogP contribution in [-0.4, -0.2) is 17.5 Å². The Bertz CT molecular complexity index is 148. The molecule has 0 aromatic carbocycles. The van der Waals surface area contributed by atoms with Crippen LogP contribution in [0.25, 0.3) is 0 Å². The third kappa shape index (κ3) is 1.23. The number of nitriles is 1. The van der Waals surface area contributed by atoms with Gasteiger partial charge in [0.2, 0.25) is 0 Å². The summed E-state index contributed by atoms with van der Waals surface area (Å²) in [5.41, 5.74) is 0. The van der Waals surface area contributed by atoms with Crippen molar-refractivity contribution < 1.29 is 0 Å². The smallest absolute Gasteiger partial charge is 0.179 e. The summed E-state index contributed by atoms with van der Waals surface area (Å²) < 4.78 is 0. The van der Waals surface area contributed by atoms with E-state index < -0.39 is 0 Å². The Morgan fingerprint density at radius 1 is 1.70 bits per heavy atom. The maximum absolute atomic E-state index is 8.63. The lowest BCUT2D eigenvalue weighted by atomic mass is 10.0. The molecular formula is C8H14N2. The molecule has 0 N–H and O–H groups in total. The molecule has 0 radical (unpaired) electrons. The summed E-state index contributed by atoms with van der Waals surface area (Å²) in [5, 5.41) is 8.63. The molecule has 0 spiro atoms. The van der Waals surface area contributed by atoms with E-state index in [1.54, 1.807) is 0 Å². The third-order valence-corrected chi connectivity index (χ3v) is 2.37. The van der Waals surface area contributed by atoms with Crippen molar-refractivity contribution in [2.75, 3.05) is 6.54 Å². The van der Waals surface area contributed by atoms with Crippen molar-refractivity contribution in [2.45, 2.75) is 32.7 Å². The van der Waals surface area contributed by atoms with Gasteiger partial charge >= 0.3 is 0 Å². The Labute approximate surface area is 62.4 Å². The summed E-state index contributed by atoms with van der Waals surface area (Å²) in [6.07, 6.45) is 4.62. The lowest BCUT2D eigenvalue weighted by Crippen LogP contribution is -2.20. The minimum Gasteiger partial charge on any atom is -0.308 e. The van der Waals surface area contributed by atoms with E-state index in [1.807, 2.05) is 4.90 Å². The van der Waals surface area contributed by atoms with Crippen LogP contribution in [0.4, 0.5) is 0 Å². The third-order valence-electron chi connectivity index (χ3n) is 2.37. The fourth-order valence-corrected chi connectivity index (χ4v) is 1.58. The van der Waals surface area contributed by atoms with Gasteiger partial charge in [-0.3, -0.25) is 0 Å². The minimum absolute atomic E-state index is 0.481. The minimum atomic E-state index is 0.481. The van der Waals surface area contributed by atoms with Gasteiger partial charge in [0.1, 0.15) is 0 Å². The molecule has 0 bridgehead atoms. The van der Waals surface area contributed by atoms with Gasteiger partial charge in [-0.05, 0) is 19.3 Å². The van der Waals surface area contributed by atoms with Crippen LogP contribution in [-0.2, 0) is 0 Å². The molecule has 0 aromatic rings. The summed E-state index contributed by atoms with van der Waals surface area (Å²) in [5.74, 6) is 0.759. The Hall–Kier alpha value is -0.710. The predicted octanol–water partition coefficient (Wildman–Crippen LogP) is 1.59. The van der Waals surface area contributed by atoms with Crippen molar-refractivity contribution in [3.8, 4) is 6.19 Å². The van der Waals surface area contributed by atoms with Crippen LogP contribution >= 0.6 is 0 Å². The van der Waals surface area contributed by atoms with Crippen LogP contribution in [0.3, 0.4) is 0 Å². The Balaban J connectivity index is 2.46. The van der Waals surface area contributed by atoms with Gasteiger partial charge < -0.3 is 4.90 Å². The van der Waals surface area contributed by atoms with Crippen molar-refractivity contribution >= 4 is 0 Å². The topological polar surface area (TPSA) is 27.0 Å². The zero-order valence-corrected chi connectivity index (χ0v) is 6.67. The van der Waals surface area contributed by atoms with E-state index >= 15 is 0 Å². The highest BCUT2D eigenvalue weighted by atomic mass is 15.2. The fourth-order valence-electron chi connectivity index (χ4n) is 1.58. The molecular weight excluding hydrogens is 124 g/mol. The molecule has 0 aromatic heterocycles. The zero-order valence-electron chi connectivity index (χ0n) is 6.67. The van der Waals surface area contributed by atoms with Crippen molar-refractivity contribution in [1.29, 1.82) is 5.26 Å². The van der Waals surface area contributed by atoms with Crippen molar-refractivity contribution in [3.63, 3.8) is 0 Å². The highest BCUT2D eigenvalue weighted by molar-refractivity contribution is 4.89. The van der Waals surface area contributed by atoms with Crippen molar-refractivity contribution in [3.05, 3.63) is 0 Å². The lowest BCUT2D eigenvalue weighted by molar-refractivity contribution is 0.382. The summed E-state index contributed by atoms with van der Waals surface area (Å²) in [7, 11) is 0. The van der Waals surface area contributed by atoms with E-state index in [9.17, 15) is 0 Å². The van der Waals surface area contributed by atoms with Gasteiger partial charge in [-0.15, -0.1) is 0 Å². The van der Waals surface area contributed by atoms with Gasteiger partial charge in [0.25, 0.3) is 0 Å². The fraction of sp³-hybridized carbons (Fsp3) is 0.875. The molecule has 2 nitrogen and oxygen atoms in total. The zero-order chi connectivity index (χ0) is 7.56. The predicted molar refractivity (Wildman–Crippen MR) is 40.2 cm³/mol. The van der Waals surface area contributed by atoms with E-state index in [1.165, 1.54) is 12.8 Å². The molecule has 10 heavy (non-hydrogen) atoms. The summed E-state index contributed by atoms with van der Waals surface area (Å²) in [4.78, 5) is 1.88. The van der Waals surface area contributed by atoms with Crippen LogP contribution < -0.4 is 0 Å². The number of hydrogen-bond donors (Lipinski definition) is 0. The monoisotopic (exact) mass is 138 g/mol. The lowest BCUT2D eigenvalue weighted by Gasteiger charge is -2.11. The van der Waals surface area contributed by atoms with E-state index in [4.69, 9.17) is 5.26 Å². The van der Waals surface area contributed by atoms with Crippen molar-refractivity contribution in [2.24, 2.45) is 5.92 Å². The number of nitrogens with zero attached hydrogens (tertiary/aromatic N) is 2. The molecule has 1 fully saturated rings. The molecule has 1 aliphatic rings. The number of hydrogen-bond acceptors (Lipinski definition) is 2. The first-order valence-corrected chi connectivity index (χ1v) is 3.94. The highest BCUT2D eigenvalue weighted by Gasteiger charge is 2.26. The molecule has 0 amide bonds. The molecule has 0 unspecified atom stereocenters. The van der Waals surface area contributed by atoms with Crippen molar-refractivity contribution in [1.82, 2.24) is 4.90 Å². The maximum Gasteiger partial charge on any atom is 0.179 e. The largest absolute Gasteiger partial charge is 0.308 e. The van der Waals surface area contributed by atoms with E-state index in [-0.39, 0.29) is 0 Å². The second-order valence-electron chi connectivity index (χ2n) is 3.11.